The molecule has 0 bridgehead atoms. The second-order valence-electron chi connectivity index (χ2n) is 3.17. The van der Waals surface area contributed by atoms with Crippen molar-refractivity contribution in [3.63, 3.8) is 0 Å². The molecule has 0 spiro atoms. The minimum absolute atomic E-state index is 0.00843. The lowest BCUT2D eigenvalue weighted by Gasteiger charge is -2.08. The van der Waals surface area contributed by atoms with Gasteiger partial charge in [0.25, 0.3) is 5.56 Å². The molecule has 1 heterocycles. The van der Waals surface area contributed by atoms with Gasteiger partial charge in [-0.1, -0.05) is 6.07 Å². The SMILES string of the molecule is Cc1cccc(=O)n1CC(=O)NCCO. The molecule has 2 N–H and O–H groups in total. The molecule has 0 fully saturated rings. The van der Waals surface area contributed by atoms with E-state index < -0.39 is 0 Å². The molecule has 1 amide bonds. The molecule has 0 atom stereocenters. The van der Waals surface area contributed by atoms with Crippen LogP contribution < -0.4 is 10.9 Å². The van der Waals surface area contributed by atoms with E-state index in [0.29, 0.717) is 0 Å². The summed E-state index contributed by atoms with van der Waals surface area (Å²) in [5.41, 5.74) is 0.538. The zero-order valence-electron chi connectivity index (χ0n) is 8.56. The Bertz CT molecular complexity index is 398. The number of aliphatic hydroxyl groups excluding tert-OH is 1. The van der Waals surface area contributed by atoms with E-state index in [0.717, 1.165) is 5.69 Å². The monoisotopic (exact) mass is 210 g/mol. The van der Waals surface area contributed by atoms with Crippen molar-refractivity contribution in [2.24, 2.45) is 0 Å². The number of pyridine rings is 1. The average Bonchev–Trinajstić information content (AvgIpc) is 2.21. The van der Waals surface area contributed by atoms with Crippen LogP contribution in [0, 0.1) is 6.92 Å². The predicted octanol–water partition coefficient (Wildman–Crippen LogP) is -0.735. The summed E-state index contributed by atoms with van der Waals surface area (Å²) >= 11 is 0. The smallest absolute Gasteiger partial charge is 0.251 e. The maximum Gasteiger partial charge on any atom is 0.251 e. The molecule has 1 aromatic heterocycles. The maximum absolute atomic E-state index is 11.4. The van der Waals surface area contributed by atoms with Gasteiger partial charge in [-0.25, -0.2) is 0 Å². The molecule has 0 aliphatic rings. The van der Waals surface area contributed by atoms with Crippen molar-refractivity contribution in [3.8, 4) is 0 Å². The van der Waals surface area contributed by atoms with Gasteiger partial charge in [-0.15, -0.1) is 0 Å². The van der Waals surface area contributed by atoms with Gasteiger partial charge in [-0.3, -0.25) is 9.59 Å². The van der Waals surface area contributed by atoms with Crippen molar-refractivity contribution >= 4 is 5.91 Å². The topological polar surface area (TPSA) is 71.3 Å². The highest BCUT2D eigenvalue weighted by atomic mass is 16.3. The molecule has 0 aromatic carbocycles. The van der Waals surface area contributed by atoms with Crippen LogP contribution in [0.25, 0.3) is 0 Å². The molecule has 1 rings (SSSR count). The van der Waals surface area contributed by atoms with Crippen LogP contribution >= 0.6 is 0 Å². The van der Waals surface area contributed by atoms with Crippen LogP contribution in [-0.4, -0.2) is 28.7 Å². The number of aryl methyl sites for hydroxylation is 1. The molecule has 0 saturated carbocycles. The van der Waals surface area contributed by atoms with Crippen molar-refractivity contribution in [2.45, 2.75) is 13.5 Å². The van der Waals surface area contributed by atoms with Crippen molar-refractivity contribution in [2.75, 3.05) is 13.2 Å². The first-order valence-corrected chi connectivity index (χ1v) is 4.69. The van der Waals surface area contributed by atoms with Gasteiger partial charge in [-0.2, -0.15) is 0 Å². The number of aromatic nitrogens is 1. The fourth-order valence-electron chi connectivity index (χ4n) is 1.22. The fraction of sp³-hybridized carbons (Fsp3) is 0.400. The highest BCUT2D eigenvalue weighted by Gasteiger charge is 2.04. The summed E-state index contributed by atoms with van der Waals surface area (Å²) in [6, 6.07) is 4.83. The lowest BCUT2D eigenvalue weighted by atomic mass is 10.3. The van der Waals surface area contributed by atoms with Gasteiger partial charge in [0.15, 0.2) is 0 Å². The Kier molecular flexibility index (Phi) is 4.05. The molecular weight excluding hydrogens is 196 g/mol. The first-order chi connectivity index (χ1) is 7.15. The van der Waals surface area contributed by atoms with Gasteiger partial charge in [0, 0.05) is 18.3 Å². The number of carbonyl (C=O) groups excluding carboxylic acids is 1. The van der Waals surface area contributed by atoms with Gasteiger partial charge < -0.3 is 15.0 Å². The van der Waals surface area contributed by atoms with Crippen LogP contribution in [0.5, 0.6) is 0 Å². The van der Waals surface area contributed by atoms with E-state index in [1.165, 1.54) is 10.6 Å². The van der Waals surface area contributed by atoms with Crippen LogP contribution in [0.2, 0.25) is 0 Å². The van der Waals surface area contributed by atoms with Gasteiger partial charge in [0.1, 0.15) is 6.54 Å². The van der Waals surface area contributed by atoms with E-state index in [-0.39, 0.29) is 31.2 Å². The largest absolute Gasteiger partial charge is 0.395 e. The third-order valence-electron chi connectivity index (χ3n) is 2.00. The third kappa shape index (κ3) is 3.21. The molecule has 0 aliphatic heterocycles. The van der Waals surface area contributed by atoms with Crippen LogP contribution in [0.1, 0.15) is 5.69 Å². The van der Waals surface area contributed by atoms with Gasteiger partial charge >= 0.3 is 0 Å². The highest BCUT2D eigenvalue weighted by molar-refractivity contribution is 5.75. The molecule has 0 unspecified atom stereocenters. The molecule has 0 radical (unpaired) electrons. The van der Waals surface area contributed by atoms with E-state index in [2.05, 4.69) is 5.32 Å². The zero-order chi connectivity index (χ0) is 11.3. The highest BCUT2D eigenvalue weighted by Crippen LogP contribution is 1.92. The molecule has 1 aromatic rings. The van der Waals surface area contributed by atoms with Crippen LogP contribution in [0.4, 0.5) is 0 Å². The van der Waals surface area contributed by atoms with E-state index in [9.17, 15) is 9.59 Å². The Hall–Kier alpha value is -1.62. The number of hydrogen-bond acceptors (Lipinski definition) is 3. The zero-order valence-corrected chi connectivity index (χ0v) is 8.56. The third-order valence-corrected chi connectivity index (χ3v) is 2.00. The Labute approximate surface area is 87.4 Å². The number of carbonyl (C=O) groups is 1. The summed E-state index contributed by atoms with van der Waals surface area (Å²) in [6.07, 6.45) is 0. The Morgan fingerprint density at radius 3 is 2.87 bits per heavy atom. The number of aliphatic hydroxyl groups is 1. The number of hydrogen-bond donors (Lipinski definition) is 2. The lowest BCUT2D eigenvalue weighted by molar-refractivity contribution is -0.121. The van der Waals surface area contributed by atoms with E-state index >= 15 is 0 Å². The summed E-state index contributed by atoms with van der Waals surface area (Å²) in [4.78, 5) is 22.7. The molecule has 82 valence electrons. The second-order valence-corrected chi connectivity index (χ2v) is 3.17. The van der Waals surface area contributed by atoms with Crippen LogP contribution in [0.15, 0.2) is 23.0 Å². The quantitative estimate of drug-likeness (QED) is 0.688. The molecule has 15 heavy (non-hydrogen) atoms. The summed E-state index contributed by atoms with van der Waals surface area (Å²) in [5.74, 6) is -0.277. The van der Waals surface area contributed by atoms with Crippen molar-refractivity contribution in [1.82, 2.24) is 9.88 Å². The number of nitrogens with zero attached hydrogens (tertiary/aromatic N) is 1. The molecule has 5 nitrogen and oxygen atoms in total. The predicted molar refractivity (Wildman–Crippen MR) is 55.5 cm³/mol. The number of rotatable bonds is 4. The normalized spacial score (nSPS) is 10.0. The van der Waals surface area contributed by atoms with Crippen molar-refractivity contribution in [1.29, 1.82) is 0 Å². The average molecular weight is 210 g/mol. The first kappa shape index (κ1) is 11.5. The molecule has 0 saturated heterocycles. The Morgan fingerprint density at radius 1 is 1.53 bits per heavy atom. The molecule has 5 heteroatoms. The van der Waals surface area contributed by atoms with E-state index in [1.807, 2.05) is 0 Å². The number of nitrogens with one attached hydrogen (secondary N) is 1. The van der Waals surface area contributed by atoms with Crippen LogP contribution in [-0.2, 0) is 11.3 Å². The molecular formula is C10H14N2O3. The lowest BCUT2D eigenvalue weighted by Crippen LogP contribution is -2.34. The summed E-state index contributed by atoms with van der Waals surface area (Å²) in [6.45, 7) is 1.86. The van der Waals surface area contributed by atoms with E-state index in [1.54, 1.807) is 19.1 Å². The standard InChI is InChI=1S/C10H14N2O3/c1-8-3-2-4-10(15)12(8)7-9(14)11-5-6-13/h2-4,13H,5-7H2,1H3,(H,11,14). The molecule has 0 aliphatic carbocycles. The summed E-state index contributed by atoms with van der Waals surface area (Å²) in [5, 5.41) is 11.0. The second kappa shape index (κ2) is 5.31. The van der Waals surface area contributed by atoms with Crippen molar-refractivity contribution in [3.05, 3.63) is 34.2 Å². The minimum Gasteiger partial charge on any atom is -0.395 e. The Morgan fingerprint density at radius 2 is 2.27 bits per heavy atom. The Balaban J connectivity index is 2.72. The van der Waals surface area contributed by atoms with Gasteiger partial charge in [0.05, 0.1) is 6.61 Å². The van der Waals surface area contributed by atoms with Gasteiger partial charge in [0.2, 0.25) is 5.91 Å². The summed E-state index contributed by atoms with van der Waals surface area (Å²) in [7, 11) is 0. The fourth-order valence-corrected chi connectivity index (χ4v) is 1.22. The maximum atomic E-state index is 11.4. The summed E-state index contributed by atoms with van der Waals surface area (Å²) < 4.78 is 1.38. The minimum atomic E-state index is -0.277. The first-order valence-electron chi connectivity index (χ1n) is 4.69. The number of amides is 1. The van der Waals surface area contributed by atoms with E-state index in [4.69, 9.17) is 5.11 Å². The van der Waals surface area contributed by atoms with Gasteiger partial charge in [-0.05, 0) is 13.0 Å². The van der Waals surface area contributed by atoms with Crippen LogP contribution in [0.3, 0.4) is 0 Å². The van der Waals surface area contributed by atoms with Crippen molar-refractivity contribution < 1.29 is 9.90 Å².